The predicted molar refractivity (Wildman–Crippen MR) is 135 cm³/mol. The molecule has 1 aromatic heterocycles. The van der Waals surface area contributed by atoms with E-state index in [4.69, 9.17) is 6.42 Å². The molecule has 3 heterocycles. The molecule has 7 nitrogen and oxygen atoms in total. The van der Waals surface area contributed by atoms with Gasteiger partial charge >= 0.3 is 0 Å². The predicted octanol–water partition coefficient (Wildman–Crippen LogP) is 3.95. The summed E-state index contributed by atoms with van der Waals surface area (Å²) in [6, 6.07) is 6.63. The molecule has 11 heteroatoms. The molecular weight excluding hydrogens is 516 g/mol. The maximum absolute atomic E-state index is 14.8. The molecule has 2 aromatic carbocycles. The Morgan fingerprint density at radius 1 is 1.23 bits per heavy atom. The number of H-pyrrole nitrogens is 1. The van der Waals surface area contributed by atoms with Crippen molar-refractivity contribution in [2.45, 2.75) is 49.9 Å². The quantitative estimate of drug-likeness (QED) is 0.260. The number of hydrogen-bond donors (Lipinski definition) is 3. The van der Waals surface area contributed by atoms with Crippen LogP contribution in [-0.2, 0) is 15.0 Å². The van der Waals surface area contributed by atoms with Crippen molar-refractivity contribution in [2.75, 3.05) is 11.9 Å². The Labute approximate surface area is 220 Å². The molecule has 1 unspecified atom stereocenters. The van der Waals surface area contributed by atoms with Gasteiger partial charge < -0.3 is 20.5 Å². The highest BCUT2D eigenvalue weighted by atomic mass is 19.2. The molecule has 202 valence electrons. The average molecular weight is 541 g/mol. The van der Waals surface area contributed by atoms with E-state index in [9.17, 15) is 31.9 Å². The van der Waals surface area contributed by atoms with E-state index in [0.29, 0.717) is 11.3 Å². The Balaban J connectivity index is 1.45. The van der Waals surface area contributed by atoms with Gasteiger partial charge in [-0.1, -0.05) is 24.1 Å². The summed E-state index contributed by atoms with van der Waals surface area (Å²) in [7, 11) is 0. The SMILES string of the molecule is C#C[C@@H]1C[C@@]2(CN1C(=O)C(CC(C)(C)F)NC(=O)c1cc3cc(F)c(F)c(F)c3[nH]1)C(=O)Nc1ccccc12. The van der Waals surface area contributed by atoms with Crippen molar-refractivity contribution in [1.29, 1.82) is 0 Å². The van der Waals surface area contributed by atoms with Crippen LogP contribution in [0.15, 0.2) is 36.4 Å². The number of nitrogens with zero attached hydrogens (tertiary/aromatic N) is 1. The molecule has 3 aromatic rings. The summed E-state index contributed by atoms with van der Waals surface area (Å²) in [6.07, 6.45) is 5.43. The van der Waals surface area contributed by atoms with Gasteiger partial charge in [-0.25, -0.2) is 17.6 Å². The monoisotopic (exact) mass is 540 g/mol. The number of hydrogen-bond acceptors (Lipinski definition) is 3. The summed E-state index contributed by atoms with van der Waals surface area (Å²) in [4.78, 5) is 43.6. The Morgan fingerprint density at radius 3 is 2.64 bits per heavy atom. The van der Waals surface area contributed by atoms with Crippen LogP contribution in [0.3, 0.4) is 0 Å². The zero-order chi connectivity index (χ0) is 28.3. The summed E-state index contributed by atoms with van der Waals surface area (Å²) in [5, 5.41) is 5.16. The molecule has 0 aliphatic carbocycles. The lowest BCUT2D eigenvalue weighted by molar-refractivity contribution is -0.134. The number of anilines is 1. The zero-order valence-electron chi connectivity index (χ0n) is 21.0. The molecule has 1 fully saturated rings. The third-order valence-electron chi connectivity index (χ3n) is 7.25. The zero-order valence-corrected chi connectivity index (χ0v) is 21.0. The van der Waals surface area contributed by atoms with Crippen LogP contribution in [0.5, 0.6) is 0 Å². The number of carbonyl (C=O) groups is 3. The first-order valence-electron chi connectivity index (χ1n) is 12.2. The Bertz CT molecular complexity index is 1570. The van der Waals surface area contributed by atoms with E-state index in [-0.39, 0.29) is 30.0 Å². The number of fused-ring (bicyclic) bond motifs is 3. The van der Waals surface area contributed by atoms with Crippen molar-refractivity contribution in [3.05, 3.63) is 65.1 Å². The molecule has 3 atom stereocenters. The summed E-state index contributed by atoms with van der Waals surface area (Å²) >= 11 is 0. The van der Waals surface area contributed by atoms with Crippen molar-refractivity contribution >= 4 is 34.3 Å². The summed E-state index contributed by atoms with van der Waals surface area (Å²) < 4.78 is 56.3. The number of aromatic nitrogens is 1. The van der Waals surface area contributed by atoms with Gasteiger partial charge in [0.15, 0.2) is 17.5 Å². The molecule has 0 radical (unpaired) electrons. The third-order valence-corrected chi connectivity index (χ3v) is 7.25. The maximum atomic E-state index is 14.8. The number of amides is 3. The van der Waals surface area contributed by atoms with Gasteiger partial charge in [-0.3, -0.25) is 14.4 Å². The Kier molecular flexibility index (Phi) is 6.17. The molecule has 1 spiro atoms. The number of rotatable bonds is 5. The molecular formula is C28H24F4N4O3. The molecule has 2 aliphatic rings. The second kappa shape index (κ2) is 9.15. The first-order valence-corrected chi connectivity index (χ1v) is 12.2. The third kappa shape index (κ3) is 4.39. The second-order valence-electron chi connectivity index (χ2n) is 10.5. The van der Waals surface area contributed by atoms with Crippen molar-refractivity contribution in [3.63, 3.8) is 0 Å². The highest BCUT2D eigenvalue weighted by Gasteiger charge is 2.56. The Morgan fingerprint density at radius 2 is 1.95 bits per heavy atom. The summed E-state index contributed by atoms with van der Waals surface area (Å²) in [5.41, 5.74) is -2.44. The van der Waals surface area contributed by atoms with Gasteiger partial charge in [0, 0.05) is 24.0 Å². The molecule has 0 saturated carbocycles. The van der Waals surface area contributed by atoms with Crippen LogP contribution in [0.2, 0.25) is 0 Å². The van der Waals surface area contributed by atoms with Crippen molar-refractivity contribution in [3.8, 4) is 12.3 Å². The van der Waals surface area contributed by atoms with Crippen LogP contribution >= 0.6 is 0 Å². The van der Waals surface area contributed by atoms with E-state index in [1.54, 1.807) is 24.3 Å². The Hall–Kier alpha value is -4.33. The van der Waals surface area contributed by atoms with Crippen LogP contribution in [-0.4, -0.2) is 51.9 Å². The van der Waals surface area contributed by atoms with E-state index in [0.717, 1.165) is 12.1 Å². The molecule has 39 heavy (non-hydrogen) atoms. The van der Waals surface area contributed by atoms with Gasteiger partial charge in [-0.2, -0.15) is 0 Å². The van der Waals surface area contributed by atoms with Crippen molar-refractivity contribution in [2.24, 2.45) is 0 Å². The number of likely N-dealkylation sites (tertiary alicyclic amines) is 1. The van der Waals surface area contributed by atoms with Crippen molar-refractivity contribution < 1.29 is 31.9 Å². The van der Waals surface area contributed by atoms with E-state index in [1.807, 2.05) is 0 Å². The highest BCUT2D eigenvalue weighted by Crippen LogP contribution is 2.46. The number of alkyl halides is 1. The van der Waals surface area contributed by atoms with E-state index in [2.05, 4.69) is 21.5 Å². The van der Waals surface area contributed by atoms with Crippen LogP contribution in [0, 0.1) is 29.8 Å². The standard InChI is InChI=1S/C28H24F4N4O3/c1-4-15-11-28(16-7-5-6-8-18(16)35-26(28)39)13-36(15)25(38)20(12-27(2,3)32)34-24(37)19-10-14-9-17(29)21(30)22(31)23(14)33-19/h1,5-10,15,20,33H,11-13H2,2-3H3,(H,34,37)(H,35,39)/t15-,20?,28+/m1/s1. The fourth-order valence-corrected chi connectivity index (χ4v) is 5.44. The topological polar surface area (TPSA) is 94.3 Å². The second-order valence-corrected chi connectivity index (χ2v) is 10.5. The average Bonchev–Trinajstić information content (AvgIpc) is 3.56. The van der Waals surface area contributed by atoms with Gasteiger partial charge in [0.05, 0.1) is 17.0 Å². The fraction of sp³-hybridized carbons (Fsp3) is 0.321. The lowest BCUT2D eigenvalue weighted by atomic mass is 9.79. The largest absolute Gasteiger partial charge is 0.348 e. The minimum absolute atomic E-state index is 0.0845. The van der Waals surface area contributed by atoms with Crippen LogP contribution in [0.25, 0.3) is 10.9 Å². The van der Waals surface area contributed by atoms with E-state index >= 15 is 0 Å². The van der Waals surface area contributed by atoms with Gasteiger partial charge in [-0.15, -0.1) is 6.42 Å². The number of carbonyl (C=O) groups excluding carboxylic acids is 3. The molecule has 1 saturated heterocycles. The molecule has 0 bridgehead atoms. The van der Waals surface area contributed by atoms with Crippen LogP contribution in [0.4, 0.5) is 23.2 Å². The molecule has 3 N–H and O–H groups in total. The lowest BCUT2D eigenvalue weighted by Crippen LogP contribution is -2.52. The summed E-state index contributed by atoms with van der Waals surface area (Å²) in [5.74, 6) is -4.05. The van der Waals surface area contributed by atoms with E-state index < -0.39 is 64.4 Å². The minimum Gasteiger partial charge on any atom is -0.348 e. The highest BCUT2D eigenvalue weighted by molar-refractivity contribution is 6.07. The first-order chi connectivity index (χ1) is 18.3. The van der Waals surface area contributed by atoms with Gasteiger partial charge in [0.25, 0.3) is 5.91 Å². The van der Waals surface area contributed by atoms with Gasteiger partial charge in [-0.05, 0) is 44.0 Å². The number of para-hydroxylation sites is 1. The molecule has 5 rings (SSSR count). The molecule has 3 amide bonds. The van der Waals surface area contributed by atoms with Gasteiger partial charge in [0.1, 0.15) is 17.4 Å². The van der Waals surface area contributed by atoms with Crippen LogP contribution < -0.4 is 10.6 Å². The molecule has 2 aliphatic heterocycles. The lowest BCUT2D eigenvalue weighted by Gasteiger charge is -2.30. The van der Waals surface area contributed by atoms with Gasteiger partial charge in [0.2, 0.25) is 11.8 Å². The number of halogens is 4. The maximum Gasteiger partial charge on any atom is 0.268 e. The van der Waals surface area contributed by atoms with E-state index in [1.165, 1.54) is 18.7 Å². The smallest absolute Gasteiger partial charge is 0.268 e. The number of aromatic amines is 1. The fourth-order valence-electron chi connectivity index (χ4n) is 5.44. The number of terminal acetylenes is 1. The summed E-state index contributed by atoms with van der Waals surface area (Å²) in [6.45, 7) is 2.38. The number of benzene rings is 2. The first kappa shape index (κ1) is 26.3. The van der Waals surface area contributed by atoms with Crippen LogP contribution in [0.1, 0.15) is 42.7 Å². The minimum atomic E-state index is -1.91. The number of nitrogens with one attached hydrogen (secondary N) is 3. The van der Waals surface area contributed by atoms with Crippen molar-refractivity contribution in [1.82, 2.24) is 15.2 Å². The normalized spacial score (nSPS) is 21.1.